The summed E-state index contributed by atoms with van der Waals surface area (Å²) < 4.78 is 78.3. The first kappa shape index (κ1) is 21.1. The van der Waals surface area contributed by atoms with Gasteiger partial charge in [-0.25, -0.2) is 22.0 Å². The van der Waals surface area contributed by atoms with Crippen LogP contribution in [0.1, 0.15) is 28.9 Å². The Morgan fingerprint density at radius 3 is 1.79 bits per heavy atom. The topological polar surface area (TPSA) is 52.6 Å². The lowest BCUT2D eigenvalue weighted by Crippen LogP contribution is -2.21. The maximum absolute atomic E-state index is 14.1. The minimum atomic E-state index is -2.38. The minimum absolute atomic E-state index is 0.0353. The standard InChI is InChI=1S/C19H13F5O4/c1-8(18(26)10-4-6-11(27-3)7-5-10)19(28-9(2)25)12-13(20)15(22)17(24)16(23)14(12)21/h4-7,19H,1H2,2-3H3. The summed E-state index contributed by atoms with van der Waals surface area (Å²) in [5, 5.41) is 0. The van der Waals surface area contributed by atoms with Crippen molar-refractivity contribution in [2.45, 2.75) is 13.0 Å². The van der Waals surface area contributed by atoms with Crippen LogP contribution in [0.25, 0.3) is 0 Å². The third-order valence-electron chi connectivity index (χ3n) is 3.75. The summed E-state index contributed by atoms with van der Waals surface area (Å²) in [7, 11) is 1.38. The van der Waals surface area contributed by atoms with E-state index in [1.165, 1.54) is 31.4 Å². The first-order valence-corrected chi connectivity index (χ1v) is 7.66. The molecule has 0 fully saturated rings. The van der Waals surface area contributed by atoms with E-state index in [-0.39, 0.29) is 5.56 Å². The van der Waals surface area contributed by atoms with Crippen LogP contribution in [-0.4, -0.2) is 18.9 Å². The molecule has 0 bridgehead atoms. The van der Waals surface area contributed by atoms with Crippen LogP contribution in [-0.2, 0) is 9.53 Å². The molecule has 9 heteroatoms. The highest BCUT2D eigenvalue weighted by molar-refractivity contribution is 6.09. The van der Waals surface area contributed by atoms with Crippen molar-refractivity contribution in [3.05, 3.63) is 76.6 Å². The molecule has 0 radical (unpaired) electrons. The monoisotopic (exact) mass is 400 g/mol. The van der Waals surface area contributed by atoms with E-state index in [4.69, 9.17) is 4.74 Å². The van der Waals surface area contributed by atoms with Crippen LogP contribution < -0.4 is 4.74 Å². The molecule has 0 aliphatic rings. The molecule has 0 aromatic heterocycles. The van der Waals surface area contributed by atoms with Crippen LogP contribution in [0.4, 0.5) is 22.0 Å². The van der Waals surface area contributed by atoms with Crippen molar-refractivity contribution >= 4 is 11.8 Å². The van der Waals surface area contributed by atoms with E-state index < -0.39 is 58.1 Å². The third-order valence-corrected chi connectivity index (χ3v) is 3.75. The molecule has 1 atom stereocenters. The van der Waals surface area contributed by atoms with Crippen molar-refractivity contribution in [3.8, 4) is 5.75 Å². The normalized spacial score (nSPS) is 11.7. The van der Waals surface area contributed by atoms with Gasteiger partial charge in [0.15, 0.2) is 35.2 Å². The molecule has 1 unspecified atom stereocenters. The van der Waals surface area contributed by atoms with Crippen molar-refractivity contribution in [2.75, 3.05) is 7.11 Å². The molecule has 2 aromatic rings. The second kappa shape index (κ2) is 8.20. The number of hydrogen-bond acceptors (Lipinski definition) is 4. The highest BCUT2D eigenvalue weighted by Crippen LogP contribution is 2.35. The van der Waals surface area contributed by atoms with Gasteiger partial charge in [-0.05, 0) is 24.3 Å². The maximum atomic E-state index is 14.1. The maximum Gasteiger partial charge on any atom is 0.303 e. The molecule has 0 aliphatic carbocycles. The van der Waals surface area contributed by atoms with E-state index >= 15 is 0 Å². The van der Waals surface area contributed by atoms with E-state index in [1.807, 2.05) is 0 Å². The summed E-state index contributed by atoms with van der Waals surface area (Å²) >= 11 is 0. The number of esters is 1. The molecular weight excluding hydrogens is 387 g/mol. The summed E-state index contributed by atoms with van der Waals surface area (Å²) in [6, 6.07) is 5.38. The van der Waals surface area contributed by atoms with Crippen LogP contribution in [0, 0.1) is 29.1 Å². The number of rotatable bonds is 6. The average Bonchev–Trinajstić information content (AvgIpc) is 2.68. The average molecular weight is 400 g/mol. The Morgan fingerprint density at radius 2 is 1.36 bits per heavy atom. The number of ether oxygens (including phenoxy) is 2. The van der Waals surface area contributed by atoms with Gasteiger partial charge in [-0.15, -0.1) is 0 Å². The molecule has 28 heavy (non-hydrogen) atoms. The molecule has 0 heterocycles. The van der Waals surface area contributed by atoms with Crippen LogP contribution in [0.3, 0.4) is 0 Å². The number of methoxy groups -OCH3 is 1. The van der Waals surface area contributed by atoms with Crippen LogP contribution in [0.5, 0.6) is 5.75 Å². The zero-order chi connectivity index (χ0) is 21.2. The zero-order valence-electron chi connectivity index (χ0n) is 14.6. The Balaban J connectivity index is 2.56. The highest BCUT2D eigenvalue weighted by atomic mass is 19.2. The second-order valence-corrected chi connectivity index (χ2v) is 5.56. The predicted molar refractivity (Wildman–Crippen MR) is 87.2 cm³/mol. The lowest BCUT2D eigenvalue weighted by Gasteiger charge is -2.21. The number of ketones is 1. The highest BCUT2D eigenvalue weighted by Gasteiger charge is 2.35. The van der Waals surface area contributed by atoms with Crippen molar-refractivity contribution in [2.24, 2.45) is 0 Å². The first-order chi connectivity index (χ1) is 13.1. The molecule has 0 aliphatic heterocycles. The number of hydrogen-bond donors (Lipinski definition) is 0. The van der Waals surface area contributed by atoms with Gasteiger partial charge in [-0.2, -0.15) is 0 Å². The van der Waals surface area contributed by atoms with Crippen LogP contribution in [0.15, 0.2) is 36.4 Å². The van der Waals surface area contributed by atoms with Gasteiger partial charge in [0.1, 0.15) is 5.75 Å². The smallest absolute Gasteiger partial charge is 0.303 e. The summed E-state index contributed by atoms with van der Waals surface area (Å²) in [5.41, 5.74) is -2.23. The number of Topliss-reactive ketones (excluding diaryl/α,β-unsaturated/α-hetero) is 1. The fraction of sp³-hybridized carbons (Fsp3) is 0.158. The number of carbonyl (C=O) groups is 2. The summed E-state index contributed by atoms with van der Waals surface area (Å²) in [5.74, 6) is -13.0. The van der Waals surface area contributed by atoms with Gasteiger partial charge in [-0.1, -0.05) is 6.58 Å². The number of benzene rings is 2. The molecule has 0 spiro atoms. The van der Waals surface area contributed by atoms with Crippen molar-refractivity contribution in [1.29, 1.82) is 0 Å². The molecule has 2 rings (SSSR count). The molecular formula is C19H13F5O4. The van der Waals surface area contributed by atoms with E-state index in [9.17, 15) is 31.5 Å². The first-order valence-electron chi connectivity index (χ1n) is 7.66. The third kappa shape index (κ3) is 3.88. The van der Waals surface area contributed by atoms with E-state index in [1.54, 1.807) is 0 Å². The molecule has 0 saturated heterocycles. The van der Waals surface area contributed by atoms with Gasteiger partial charge in [-0.3, -0.25) is 9.59 Å². The second-order valence-electron chi connectivity index (χ2n) is 5.56. The van der Waals surface area contributed by atoms with Gasteiger partial charge in [0, 0.05) is 18.1 Å². The van der Waals surface area contributed by atoms with Gasteiger partial charge in [0.2, 0.25) is 5.82 Å². The molecule has 0 N–H and O–H groups in total. The summed E-state index contributed by atoms with van der Waals surface area (Å²) in [6.45, 7) is 4.17. The fourth-order valence-corrected chi connectivity index (χ4v) is 2.37. The van der Waals surface area contributed by atoms with Crippen molar-refractivity contribution in [1.82, 2.24) is 0 Å². The summed E-state index contributed by atoms with van der Waals surface area (Å²) in [6.07, 6.45) is -2.23. The molecule has 0 saturated carbocycles. The number of halogens is 5. The largest absolute Gasteiger partial charge is 0.497 e. The number of carbonyl (C=O) groups excluding carboxylic acids is 2. The van der Waals surface area contributed by atoms with Gasteiger partial charge < -0.3 is 9.47 Å². The summed E-state index contributed by atoms with van der Waals surface area (Å²) in [4.78, 5) is 23.9. The molecule has 0 amide bonds. The van der Waals surface area contributed by atoms with Gasteiger partial charge >= 0.3 is 5.97 Å². The Hall–Kier alpha value is -3.23. The van der Waals surface area contributed by atoms with E-state index in [0.29, 0.717) is 5.75 Å². The molecule has 2 aromatic carbocycles. The Morgan fingerprint density at radius 1 is 0.893 bits per heavy atom. The van der Waals surface area contributed by atoms with Crippen LogP contribution in [0.2, 0.25) is 0 Å². The van der Waals surface area contributed by atoms with Crippen molar-refractivity contribution in [3.63, 3.8) is 0 Å². The Bertz CT molecular complexity index is 925. The van der Waals surface area contributed by atoms with E-state index in [0.717, 1.165) is 6.92 Å². The minimum Gasteiger partial charge on any atom is -0.497 e. The zero-order valence-corrected chi connectivity index (χ0v) is 14.6. The van der Waals surface area contributed by atoms with Gasteiger partial charge in [0.25, 0.3) is 0 Å². The Labute approximate surface area is 156 Å². The predicted octanol–water partition coefficient (Wildman–Crippen LogP) is 4.43. The SMILES string of the molecule is C=C(C(=O)c1ccc(OC)cc1)C(OC(C)=O)c1c(F)c(F)c(F)c(F)c1F. The lowest BCUT2D eigenvalue weighted by atomic mass is 9.94. The molecule has 148 valence electrons. The lowest BCUT2D eigenvalue weighted by molar-refractivity contribution is -0.145. The quantitative estimate of drug-likeness (QED) is 0.180. The van der Waals surface area contributed by atoms with Gasteiger partial charge in [0.05, 0.1) is 12.7 Å². The Kier molecular flexibility index (Phi) is 6.17. The van der Waals surface area contributed by atoms with E-state index in [2.05, 4.69) is 11.3 Å². The fourth-order valence-electron chi connectivity index (χ4n) is 2.37. The van der Waals surface area contributed by atoms with Crippen molar-refractivity contribution < 1.29 is 41.0 Å². The van der Waals surface area contributed by atoms with Crippen LogP contribution >= 0.6 is 0 Å². The molecule has 4 nitrogen and oxygen atoms in total.